The summed E-state index contributed by atoms with van der Waals surface area (Å²) in [6.07, 6.45) is 1.72. The fraction of sp³-hybridized carbons (Fsp3) is 0.387. The van der Waals surface area contributed by atoms with Crippen LogP contribution in [0, 0.1) is 0 Å². The molecule has 0 N–H and O–H groups in total. The number of carbonyl (C=O) groups is 1. The number of ether oxygens (including phenoxy) is 3. The van der Waals surface area contributed by atoms with E-state index >= 15 is 0 Å². The SMILES string of the molecule is CCc1ccc(OCC2c3cc(OC)c(OC)cc3CCN2C(=O)c2ccc(C(C)(C)C)cc2)cc1. The molecule has 0 spiro atoms. The van der Waals surface area contributed by atoms with Crippen molar-refractivity contribution in [3.8, 4) is 17.2 Å². The molecule has 36 heavy (non-hydrogen) atoms. The highest BCUT2D eigenvalue weighted by molar-refractivity contribution is 5.94. The third kappa shape index (κ3) is 5.35. The molecule has 1 aliphatic heterocycles. The second-order valence-electron chi connectivity index (χ2n) is 10.3. The Balaban J connectivity index is 1.67. The van der Waals surface area contributed by atoms with Crippen molar-refractivity contribution in [1.29, 1.82) is 0 Å². The zero-order valence-corrected chi connectivity index (χ0v) is 22.3. The lowest BCUT2D eigenvalue weighted by atomic mass is 9.86. The van der Waals surface area contributed by atoms with Crippen molar-refractivity contribution in [1.82, 2.24) is 4.90 Å². The maximum atomic E-state index is 13.8. The number of aryl methyl sites for hydroxylation is 1. The number of amides is 1. The normalized spacial score (nSPS) is 15.3. The summed E-state index contributed by atoms with van der Waals surface area (Å²) in [7, 11) is 3.28. The molecule has 0 fully saturated rings. The van der Waals surface area contributed by atoms with Crippen LogP contribution in [-0.2, 0) is 18.3 Å². The predicted molar refractivity (Wildman–Crippen MR) is 143 cm³/mol. The van der Waals surface area contributed by atoms with Crippen LogP contribution in [0.3, 0.4) is 0 Å². The minimum atomic E-state index is -0.255. The molecule has 1 heterocycles. The Morgan fingerprint density at radius 1 is 0.944 bits per heavy atom. The monoisotopic (exact) mass is 487 g/mol. The van der Waals surface area contributed by atoms with Crippen molar-refractivity contribution >= 4 is 5.91 Å². The van der Waals surface area contributed by atoms with E-state index in [1.807, 2.05) is 41.3 Å². The summed E-state index contributed by atoms with van der Waals surface area (Å²) in [5.74, 6) is 2.15. The van der Waals surface area contributed by atoms with Crippen molar-refractivity contribution in [2.45, 2.75) is 52.0 Å². The second kappa shape index (κ2) is 10.7. The van der Waals surface area contributed by atoms with Gasteiger partial charge in [0.2, 0.25) is 0 Å². The van der Waals surface area contributed by atoms with Gasteiger partial charge in [-0.2, -0.15) is 0 Å². The van der Waals surface area contributed by atoms with Crippen molar-refractivity contribution in [3.05, 3.63) is 88.5 Å². The number of hydrogen-bond acceptors (Lipinski definition) is 4. The van der Waals surface area contributed by atoms with Gasteiger partial charge in [0.1, 0.15) is 12.4 Å². The highest BCUT2D eigenvalue weighted by Gasteiger charge is 2.33. The highest BCUT2D eigenvalue weighted by atomic mass is 16.5. The minimum Gasteiger partial charge on any atom is -0.493 e. The lowest BCUT2D eigenvalue weighted by Gasteiger charge is -2.37. The van der Waals surface area contributed by atoms with Crippen LogP contribution in [0.15, 0.2) is 60.7 Å². The van der Waals surface area contributed by atoms with E-state index in [-0.39, 0.29) is 17.4 Å². The van der Waals surface area contributed by atoms with Crippen LogP contribution in [-0.4, -0.2) is 38.2 Å². The van der Waals surface area contributed by atoms with E-state index < -0.39 is 0 Å². The quantitative estimate of drug-likeness (QED) is 0.388. The van der Waals surface area contributed by atoms with Gasteiger partial charge in [0, 0.05) is 12.1 Å². The van der Waals surface area contributed by atoms with Gasteiger partial charge in [-0.1, -0.05) is 52.0 Å². The van der Waals surface area contributed by atoms with Gasteiger partial charge in [0.25, 0.3) is 5.91 Å². The summed E-state index contributed by atoms with van der Waals surface area (Å²) in [5.41, 5.74) is 5.36. The van der Waals surface area contributed by atoms with E-state index in [4.69, 9.17) is 14.2 Å². The minimum absolute atomic E-state index is 0.00539. The van der Waals surface area contributed by atoms with Crippen LogP contribution in [0.1, 0.15) is 66.3 Å². The first-order valence-electron chi connectivity index (χ1n) is 12.6. The second-order valence-corrected chi connectivity index (χ2v) is 10.3. The summed E-state index contributed by atoms with van der Waals surface area (Å²) in [4.78, 5) is 15.7. The molecule has 3 aromatic carbocycles. The summed E-state index contributed by atoms with van der Waals surface area (Å²) < 4.78 is 17.4. The molecule has 0 radical (unpaired) electrons. The summed E-state index contributed by atoms with van der Waals surface area (Å²) in [6.45, 7) is 9.60. The van der Waals surface area contributed by atoms with Crippen molar-refractivity contribution in [3.63, 3.8) is 0 Å². The number of carbonyl (C=O) groups excluding carboxylic acids is 1. The molecule has 0 aliphatic carbocycles. The van der Waals surface area contributed by atoms with Crippen molar-refractivity contribution in [2.24, 2.45) is 0 Å². The van der Waals surface area contributed by atoms with Gasteiger partial charge in [0.15, 0.2) is 11.5 Å². The molecule has 3 aromatic rings. The molecule has 0 saturated carbocycles. The van der Waals surface area contributed by atoms with Crippen LogP contribution >= 0.6 is 0 Å². The molecule has 4 rings (SSSR count). The predicted octanol–water partition coefficient (Wildman–Crippen LogP) is 6.38. The Morgan fingerprint density at radius 2 is 1.58 bits per heavy atom. The van der Waals surface area contributed by atoms with Crippen LogP contribution < -0.4 is 14.2 Å². The Morgan fingerprint density at radius 3 is 2.17 bits per heavy atom. The first kappa shape index (κ1) is 25.6. The lowest BCUT2D eigenvalue weighted by Crippen LogP contribution is -2.42. The number of rotatable bonds is 7. The fourth-order valence-electron chi connectivity index (χ4n) is 4.73. The van der Waals surface area contributed by atoms with Crippen LogP contribution in [0.25, 0.3) is 0 Å². The third-order valence-electron chi connectivity index (χ3n) is 7.00. The topological polar surface area (TPSA) is 48.0 Å². The average molecular weight is 488 g/mol. The van der Waals surface area contributed by atoms with Crippen molar-refractivity contribution in [2.75, 3.05) is 27.4 Å². The molecule has 1 aliphatic rings. The van der Waals surface area contributed by atoms with Crippen LogP contribution in [0.5, 0.6) is 17.2 Å². The Labute approximate surface area is 215 Å². The maximum absolute atomic E-state index is 13.8. The van der Waals surface area contributed by atoms with Gasteiger partial charge in [-0.3, -0.25) is 4.79 Å². The van der Waals surface area contributed by atoms with Crippen LogP contribution in [0.4, 0.5) is 0 Å². The molecular weight excluding hydrogens is 450 g/mol. The fourth-order valence-corrected chi connectivity index (χ4v) is 4.73. The molecule has 1 unspecified atom stereocenters. The lowest BCUT2D eigenvalue weighted by molar-refractivity contribution is 0.0589. The first-order valence-corrected chi connectivity index (χ1v) is 12.6. The Kier molecular flexibility index (Phi) is 7.58. The largest absolute Gasteiger partial charge is 0.493 e. The molecular formula is C31H37NO4. The van der Waals surface area contributed by atoms with E-state index in [9.17, 15) is 4.79 Å². The van der Waals surface area contributed by atoms with E-state index in [1.165, 1.54) is 11.1 Å². The maximum Gasteiger partial charge on any atom is 0.254 e. The van der Waals surface area contributed by atoms with Gasteiger partial charge in [-0.15, -0.1) is 0 Å². The van der Waals surface area contributed by atoms with Crippen LogP contribution in [0.2, 0.25) is 0 Å². The molecule has 0 saturated heterocycles. The molecule has 1 amide bonds. The van der Waals surface area contributed by atoms with E-state index in [2.05, 4.69) is 52.0 Å². The number of benzene rings is 3. The third-order valence-corrected chi connectivity index (χ3v) is 7.00. The van der Waals surface area contributed by atoms with E-state index in [0.29, 0.717) is 30.2 Å². The van der Waals surface area contributed by atoms with E-state index in [1.54, 1.807) is 14.2 Å². The number of nitrogens with zero attached hydrogens (tertiary/aromatic N) is 1. The van der Waals surface area contributed by atoms with Crippen molar-refractivity contribution < 1.29 is 19.0 Å². The molecule has 190 valence electrons. The van der Waals surface area contributed by atoms with Gasteiger partial charge in [-0.25, -0.2) is 0 Å². The standard InChI is InChI=1S/C31H37NO4/c1-7-21-8-14-25(15-9-21)36-20-27-26-19-29(35-6)28(34-5)18-23(26)16-17-32(27)30(33)22-10-12-24(13-11-22)31(2,3)4/h8-15,18-19,27H,7,16-17,20H2,1-6H3. The molecule has 5 heteroatoms. The first-order chi connectivity index (χ1) is 17.2. The van der Waals surface area contributed by atoms with Gasteiger partial charge in [0.05, 0.1) is 20.3 Å². The smallest absolute Gasteiger partial charge is 0.254 e. The summed E-state index contributed by atoms with van der Waals surface area (Å²) in [6, 6.07) is 19.9. The molecule has 0 aromatic heterocycles. The number of fused-ring (bicyclic) bond motifs is 1. The molecule has 1 atom stereocenters. The molecule has 0 bridgehead atoms. The summed E-state index contributed by atoms with van der Waals surface area (Å²) in [5, 5.41) is 0. The Bertz CT molecular complexity index is 1190. The number of hydrogen-bond donors (Lipinski definition) is 0. The molecule has 5 nitrogen and oxygen atoms in total. The zero-order valence-electron chi connectivity index (χ0n) is 22.3. The summed E-state index contributed by atoms with van der Waals surface area (Å²) >= 11 is 0. The number of methoxy groups -OCH3 is 2. The highest BCUT2D eigenvalue weighted by Crippen LogP contribution is 2.39. The average Bonchev–Trinajstić information content (AvgIpc) is 2.90. The van der Waals surface area contributed by atoms with Gasteiger partial charge in [-0.05, 0) is 76.9 Å². The van der Waals surface area contributed by atoms with E-state index in [0.717, 1.165) is 29.7 Å². The Hall–Kier alpha value is -3.47. The zero-order chi connectivity index (χ0) is 25.9. The van der Waals surface area contributed by atoms with Gasteiger partial charge < -0.3 is 19.1 Å². The van der Waals surface area contributed by atoms with Gasteiger partial charge >= 0.3 is 0 Å².